The average Bonchev–Trinajstić information content (AvgIpc) is 3.01. The summed E-state index contributed by atoms with van der Waals surface area (Å²) in [5.74, 6) is -0.559. The van der Waals surface area contributed by atoms with Crippen molar-refractivity contribution in [2.45, 2.75) is 25.8 Å². The highest BCUT2D eigenvalue weighted by Crippen LogP contribution is 2.41. The number of aromatic nitrogens is 1. The lowest BCUT2D eigenvalue weighted by molar-refractivity contribution is -0.150. The number of likely N-dealkylation sites (N-methyl/N-ethyl adjacent to an activating group) is 1. The standard InChI is InChI=1S/C21H24N2O3/c1-4-12-11-23(2)17-9-15-13-7-5-6-8-16(13)22-20(15)18(24)10-14(12)19(17)21(25)26-3/h4-8,14,17,19,22H,9-11H2,1-3H3/b12-4-/t14?,17-,19?/m1/s1. The van der Waals surface area contributed by atoms with Crippen molar-refractivity contribution in [3.63, 3.8) is 0 Å². The number of para-hydroxylation sites is 1. The van der Waals surface area contributed by atoms with Gasteiger partial charge >= 0.3 is 5.97 Å². The number of methoxy groups -OCH3 is 1. The van der Waals surface area contributed by atoms with E-state index in [1.807, 2.05) is 37.3 Å². The second-order valence-electron chi connectivity index (χ2n) is 7.36. The molecule has 2 heterocycles. The van der Waals surface area contributed by atoms with Crippen molar-refractivity contribution in [1.82, 2.24) is 9.88 Å². The molecule has 2 aliphatic rings. The summed E-state index contributed by atoms with van der Waals surface area (Å²) in [4.78, 5) is 31.3. The summed E-state index contributed by atoms with van der Waals surface area (Å²) >= 11 is 0. The Bertz CT molecular complexity index is 911. The van der Waals surface area contributed by atoms with Crippen LogP contribution in [0.5, 0.6) is 0 Å². The molecule has 26 heavy (non-hydrogen) atoms. The number of H-pyrrole nitrogens is 1. The van der Waals surface area contributed by atoms with E-state index in [0.717, 1.165) is 28.6 Å². The van der Waals surface area contributed by atoms with Crippen LogP contribution in [-0.4, -0.2) is 48.4 Å². The molecule has 1 N–H and O–H groups in total. The van der Waals surface area contributed by atoms with Crippen LogP contribution in [0, 0.1) is 11.8 Å². The first-order chi connectivity index (χ1) is 12.5. The van der Waals surface area contributed by atoms with Gasteiger partial charge in [0.1, 0.15) is 0 Å². The van der Waals surface area contributed by atoms with Crippen molar-refractivity contribution in [2.24, 2.45) is 11.8 Å². The molecule has 1 aliphatic heterocycles. The fourth-order valence-corrected chi connectivity index (χ4v) is 4.76. The van der Waals surface area contributed by atoms with Crippen molar-refractivity contribution < 1.29 is 14.3 Å². The summed E-state index contributed by atoms with van der Waals surface area (Å²) in [6.07, 6.45) is 3.05. The molecule has 0 radical (unpaired) electrons. The second-order valence-corrected chi connectivity index (χ2v) is 7.36. The third-order valence-electron chi connectivity index (χ3n) is 6.08. The van der Waals surface area contributed by atoms with E-state index in [1.54, 1.807) is 0 Å². The number of hydrogen-bond donors (Lipinski definition) is 1. The molecule has 0 spiro atoms. The van der Waals surface area contributed by atoms with Gasteiger partial charge in [0.05, 0.1) is 18.7 Å². The van der Waals surface area contributed by atoms with Crippen LogP contribution in [0.3, 0.4) is 0 Å². The summed E-state index contributed by atoms with van der Waals surface area (Å²) in [7, 11) is 3.49. The number of nitrogens with one attached hydrogen (secondary N) is 1. The highest BCUT2D eigenvalue weighted by molar-refractivity contribution is 6.03. The van der Waals surface area contributed by atoms with Gasteiger partial charge in [-0.1, -0.05) is 29.8 Å². The minimum Gasteiger partial charge on any atom is -0.469 e. The zero-order valence-electron chi connectivity index (χ0n) is 15.4. The molecule has 5 nitrogen and oxygen atoms in total. The smallest absolute Gasteiger partial charge is 0.310 e. The highest BCUT2D eigenvalue weighted by atomic mass is 16.5. The molecule has 0 amide bonds. The van der Waals surface area contributed by atoms with E-state index in [-0.39, 0.29) is 29.6 Å². The number of rotatable bonds is 1. The van der Waals surface area contributed by atoms with E-state index < -0.39 is 0 Å². The van der Waals surface area contributed by atoms with Crippen LogP contribution < -0.4 is 0 Å². The van der Waals surface area contributed by atoms with Gasteiger partial charge in [0.2, 0.25) is 0 Å². The number of nitrogens with zero attached hydrogens (tertiary/aromatic N) is 1. The molecule has 2 bridgehead atoms. The Kier molecular flexibility index (Phi) is 4.19. The van der Waals surface area contributed by atoms with Crippen molar-refractivity contribution in [3.8, 4) is 0 Å². The minimum atomic E-state index is -0.323. The molecule has 4 rings (SSSR count). The molecule has 5 heteroatoms. The summed E-state index contributed by atoms with van der Waals surface area (Å²) in [5.41, 5.74) is 3.85. The van der Waals surface area contributed by atoms with E-state index >= 15 is 0 Å². The predicted octanol–water partition coefficient (Wildman–Crippen LogP) is 2.96. The lowest BCUT2D eigenvalue weighted by Crippen LogP contribution is -2.54. The Balaban J connectivity index is 1.91. The van der Waals surface area contributed by atoms with Gasteiger partial charge in [-0.3, -0.25) is 14.5 Å². The maximum atomic E-state index is 13.1. The number of benzene rings is 1. The van der Waals surface area contributed by atoms with Crippen molar-refractivity contribution >= 4 is 22.7 Å². The van der Waals surface area contributed by atoms with Gasteiger partial charge < -0.3 is 9.72 Å². The van der Waals surface area contributed by atoms with Crippen LogP contribution in [0.1, 0.15) is 29.4 Å². The molecule has 1 aromatic carbocycles. The number of piperidine rings is 1. The number of carbonyl (C=O) groups is 2. The number of aromatic amines is 1. The Labute approximate surface area is 153 Å². The van der Waals surface area contributed by atoms with E-state index in [0.29, 0.717) is 18.5 Å². The molecule has 2 aromatic rings. The SMILES string of the molecule is C/C=C1/CN(C)[C@@H]2Cc3c([nH]c4ccccc34)C(=O)CC1C2C(=O)OC. The van der Waals surface area contributed by atoms with Crippen molar-refractivity contribution in [1.29, 1.82) is 0 Å². The molecule has 136 valence electrons. The second kappa shape index (κ2) is 6.40. The number of allylic oxidation sites excluding steroid dienone is 1. The van der Waals surface area contributed by atoms with Crippen LogP contribution in [0.25, 0.3) is 10.9 Å². The topological polar surface area (TPSA) is 62.4 Å². The average molecular weight is 352 g/mol. The quantitative estimate of drug-likeness (QED) is 0.633. The number of likely N-dealkylation sites (tertiary alicyclic amines) is 1. The first-order valence-corrected chi connectivity index (χ1v) is 9.11. The third kappa shape index (κ3) is 2.50. The summed E-state index contributed by atoms with van der Waals surface area (Å²) < 4.78 is 5.14. The first-order valence-electron chi connectivity index (χ1n) is 9.11. The highest BCUT2D eigenvalue weighted by Gasteiger charge is 2.46. The molecule has 1 saturated heterocycles. The molecular formula is C21H24N2O3. The molecule has 1 aromatic heterocycles. The first kappa shape index (κ1) is 17.0. The lowest BCUT2D eigenvalue weighted by atomic mass is 9.70. The number of hydrogen-bond acceptors (Lipinski definition) is 4. The van der Waals surface area contributed by atoms with Gasteiger partial charge in [0.25, 0.3) is 0 Å². The van der Waals surface area contributed by atoms with Gasteiger partial charge in [0.15, 0.2) is 5.78 Å². The molecule has 1 fully saturated rings. The maximum Gasteiger partial charge on any atom is 0.310 e. The van der Waals surface area contributed by atoms with Gasteiger partial charge in [-0.2, -0.15) is 0 Å². The minimum absolute atomic E-state index is 0.0159. The number of fused-ring (bicyclic) bond motifs is 5. The van der Waals surface area contributed by atoms with Crippen LogP contribution in [0.2, 0.25) is 0 Å². The Morgan fingerprint density at radius 3 is 2.81 bits per heavy atom. The van der Waals surface area contributed by atoms with Gasteiger partial charge in [-0.25, -0.2) is 0 Å². The molecule has 1 aliphatic carbocycles. The zero-order chi connectivity index (χ0) is 18.4. The molecule has 0 saturated carbocycles. The van der Waals surface area contributed by atoms with Crippen LogP contribution in [0.4, 0.5) is 0 Å². The summed E-state index contributed by atoms with van der Waals surface area (Å²) in [5, 5.41) is 1.07. The molecule has 3 atom stereocenters. The third-order valence-corrected chi connectivity index (χ3v) is 6.08. The maximum absolute atomic E-state index is 13.1. The molecule has 2 unspecified atom stereocenters. The number of esters is 1. The largest absolute Gasteiger partial charge is 0.469 e. The normalized spacial score (nSPS) is 27.9. The van der Waals surface area contributed by atoms with E-state index in [2.05, 4.69) is 16.9 Å². The Morgan fingerprint density at radius 1 is 1.31 bits per heavy atom. The number of ketones is 1. The van der Waals surface area contributed by atoms with E-state index in [4.69, 9.17) is 4.74 Å². The van der Waals surface area contributed by atoms with Crippen molar-refractivity contribution in [3.05, 3.63) is 47.2 Å². The summed E-state index contributed by atoms with van der Waals surface area (Å²) in [6.45, 7) is 2.76. The fraction of sp³-hybridized carbons (Fsp3) is 0.429. The van der Waals surface area contributed by atoms with Gasteiger partial charge in [-0.05, 0) is 32.0 Å². The van der Waals surface area contributed by atoms with Gasteiger partial charge in [0, 0.05) is 35.8 Å². The number of ether oxygens (including phenoxy) is 1. The number of Topliss-reactive ketones (excluding diaryl/α,β-unsaturated/α-hetero) is 1. The van der Waals surface area contributed by atoms with Crippen LogP contribution >= 0.6 is 0 Å². The zero-order valence-corrected chi connectivity index (χ0v) is 15.4. The Morgan fingerprint density at radius 2 is 2.08 bits per heavy atom. The van der Waals surface area contributed by atoms with Crippen LogP contribution in [0.15, 0.2) is 35.9 Å². The summed E-state index contributed by atoms with van der Waals surface area (Å²) in [6, 6.07) is 8.02. The van der Waals surface area contributed by atoms with E-state index in [1.165, 1.54) is 7.11 Å². The molecular weight excluding hydrogens is 328 g/mol. The van der Waals surface area contributed by atoms with E-state index in [9.17, 15) is 9.59 Å². The predicted molar refractivity (Wildman–Crippen MR) is 100 cm³/mol. The van der Waals surface area contributed by atoms with Gasteiger partial charge in [-0.15, -0.1) is 0 Å². The Hall–Kier alpha value is -2.40. The van der Waals surface area contributed by atoms with Crippen molar-refractivity contribution in [2.75, 3.05) is 20.7 Å². The van der Waals surface area contributed by atoms with Crippen LogP contribution in [-0.2, 0) is 16.0 Å². The lowest BCUT2D eigenvalue weighted by Gasteiger charge is -2.45. The monoisotopic (exact) mass is 352 g/mol. The fourth-order valence-electron chi connectivity index (χ4n) is 4.76. The number of carbonyl (C=O) groups excluding carboxylic acids is 2.